The van der Waals surface area contributed by atoms with E-state index >= 15 is 0 Å². The summed E-state index contributed by atoms with van der Waals surface area (Å²) < 4.78 is 24.0. The summed E-state index contributed by atoms with van der Waals surface area (Å²) in [6.07, 6.45) is 5.97. The molecule has 7 rings (SSSR count). The number of ether oxygens (including phenoxy) is 1. The number of imidazole rings is 1. The van der Waals surface area contributed by atoms with Gasteiger partial charge in [0.15, 0.2) is 0 Å². The highest BCUT2D eigenvalue weighted by Crippen LogP contribution is 2.45. The number of hydrogen-bond donors (Lipinski definition) is 1. The second kappa shape index (κ2) is 11.3. The molecule has 1 N–H and O–H groups in total. The molecule has 222 valence electrons. The van der Waals surface area contributed by atoms with Crippen LogP contribution in [0.25, 0.3) is 22.3 Å². The number of hydrogen-bond acceptors (Lipinski definition) is 7. The van der Waals surface area contributed by atoms with Crippen LogP contribution in [0.4, 0.5) is 4.39 Å². The van der Waals surface area contributed by atoms with Gasteiger partial charge in [-0.1, -0.05) is 41.6 Å². The first-order valence-electron chi connectivity index (χ1n) is 14.4. The van der Waals surface area contributed by atoms with E-state index in [0.717, 1.165) is 40.8 Å². The molecule has 1 fully saturated rings. The highest BCUT2D eigenvalue weighted by atomic mass is 19.1. The van der Waals surface area contributed by atoms with Crippen molar-refractivity contribution >= 4 is 17.0 Å². The Morgan fingerprint density at radius 2 is 1.89 bits per heavy atom. The second-order valence-electron chi connectivity index (χ2n) is 11.1. The lowest BCUT2D eigenvalue weighted by atomic mass is 10.1. The predicted molar refractivity (Wildman–Crippen MR) is 162 cm³/mol. The zero-order chi connectivity index (χ0) is 31.0. The molecule has 1 saturated carbocycles. The molecule has 1 aliphatic rings. The third-order valence-corrected chi connectivity index (χ3v) is 8.16. The number of fused-ring (bicyclic) bond motifs is 1. The molecule has 3 heterocycles. The van der Waals surface area contributed by atoms with Crippen molar-refractivity contribution in [1.82, 2.24) is 29.5 Å². The molecular weight excluding hydrogens is 573 g/mol. The SMILES string of the molecule is N#Cc1ccc(COc2cccc(-c3ccc(Cc4nc5ccc(C(=O)O)cc5n4CC4(n5ccnn5)CC4)cc3)n2)c(F)c1. The van der Waals surface area contributed by atoms with Crippen LogP contribution in [0.5, 0.6) is 5.88 Å². The summed E-state index contributed by atoms with van der Waals surface area (Å²) in [6, 6.07) is 24.6. The van der Waals surface area contributed by atoms with Crippen molar-refractivity contribution in [1.29, 1.82) is 5.26 Å². The lowest BCUT2D eigenvalue weighted by molar-refractivity contribution is 0.0697. The minimum absolute atomic E-state index is 0.0138. The zero-order valence-electron chi connectivity index (χ0n) is 24.0. The van der Waals surface area contributed by atoms with E-state index in [-0.39, 0.29) is 23.3 Å². The Labute approximate surface area is 257 Å². The zero-order valence-corrected chi connectivity index (χ0v) is 24.0. The molecule has 3 aromatic heterocycles. The largest absolute Gasteiger partial charge is 0.478 e. The molecule has 0 unspecified atom stereocenters. The van der Waals surface area contributed by atoms with Crippen LogP contribution >= 0.6 is 0 Å². The van der Waals surface area contributed by atoms with Gasteiger partial charge in [0.2, 0.25) is 5.88 Å². The van der Waals surface area contributed by atoms with E-state index < -0.39 is 11.8 Å². The highest BCUT2D eigenvalue weighted by Gasteiger charge is 2.46. The number of carbonyl (C=O) groups is 1. The number of rotatable bonds is 10. The van der Waals surface area contributed by atoms with E-state index in [2.05, 4.69) is 19.9 Å². The number of aromatic nitrogens is 6. The van der Waals surface area contributed by atoms with Crippen molar-refractivity contribution < 1.29 is 19.0 Å². The van der Waals surface area contributed by atoms with Gasteiger partial charge in [0.05, 0.1) is 45.7 Å². The van der Waals surface area contributed by atoms with Crippen LogP contribution < -0.4 is 4.74 Å². The molecule has 0 bridgehead atoms. The maximum Gasteiger partial charge on any atom is 0.335 e. The van der Waals surface area contributed by atoms with Crippen molar-refractivity contribution in [3.8, 4) is 23.2 Å². The van der Waals surface area contributed by atoms with Crippen molar-refractivity contribution in [2.45, 2.75) is 38.0 Å². The maximum atomic E-state index is 14.3. The summed E-state index contributed by atoms with van der Waals surface area (Å²) >= 11 is 0. The fourth-order valence-corrected chi connectivity index (χ4v) is 5.49. The molecule has 6 aromatic rings. The van der Waals surface area contributed by atoms with Gasteiger partial charge < -0.3 is 14.4 Å². The van der Waals surface area contributed by atoms with E-state index in [1.54, 1.807) is 36.5 Å². The highest BCUT2D eigenvalue weighted by molar-refractivity contribution is 5.92. The van der Waals surface area contributed by atoms with Gasteiger partial charge in [0.25, 0.3) is 0 Å². The number of pyridine rings is 1. The van der Waals surface area contributed by atoms with E-state index in [4.69, 9.17) is 15.0 Å². The number of carboxylic acids is 1. The van der Waals surface area contributed by atoms with Crippen molar-refractivity contribution in [2.24, 2.45) is 0 Å². The van der Waals surface area contributed by atoms with Gasteiger partial charge in [-0.3, -0.25) is 0 Å². The molecule has 10 nitrogen and oxygen atoms in total. The number of halogens is 1. The van der Waals surface area contributed by atoms with Gasteiger partial charge in [-0.05, 0) is 54.8 Å². The van der Waals surface area contributed by atoms with E-state index in [9.17, 15) is 14.3 Å². The van der Waals surface area contributed by atoms with Gasteiger partial charge in [-0.15, -0.1) is 5.10 Å². The lowest BCUT2D eigenvalue weighted by Crippen LogP contribution is -2.25. The third kappa shape index (κ3) is 5.61. The number of nitrogens with zero attached hydrogens (tertiary/aromatic N) is 7. The average molecular weight is 600 g/mol. The van der Waals surface area contributed by atoms with Crippen molar-refractivity contribution in [3.63, 3.8) is 0 Å². The Morgan fingerprint density at radius 1 is 1.04 bits per heavy atom. The molecule has 0 atom stereocenters. The van der Waals surface area contributed by atoms with Crippen LogP contribution in [-0.2, 0) is 25.1 Å². The Balaban J connectivity index is 1.12. The fourth-order valence-electron chi connectivity index (χ4n) is 5.49. The normalized spacial score (nSPS) is 13.4. The summed E-state index contributed by atoms with van der Waals surface area (Å²) in [7, 11) is 0. The van der Waals surface area contributed by atoms with Crippen LogP contribution in [0.15, 0.2) is 91.3 Å². The molecule has 45 heavy (non-hydrogen) atoms. The molecule has 0 amide bonds. The average Bonchev–Trinajstić information content (AvgIpc) is 3.46. The molecule has 0 saturated heterocycles. The first kappa shape index (κ1) is 27.9. The van der Waals surface area contributed by atoms with Crippen LogP contribution in [0.2, 0.25) is 0 Å². The Kier molecular flexibility index (Phi) is 7.02. The topological polar surface area (TPSA) is 132 Å². The van der Waals surface area contributed by atoms with Gasteiger partial charge in [0, 0.05) is 36.4 Å². The van der Waals surface area contributed by atoms with E-state index in [1.807, 2.05) is 53.3 Å². The van der Waals surface area contributed by atoms with Crippen molar-refractivity contribution in [3.05, 3.63) is 125 Å². The number of carboxylic acid groups (broad SMARTS) is 1. The standard InChI is InChI=1S/C34H26FN7O3/c35-27-16-23(19-36)6-9-26(27)20-45-32-3-1-2-28(39-32)24-7-4-22(5-8-24)17-31-38-29-11-10-25(33(43)44)18-30(29)41(31)21-34(12-13-34)42-15-14-37-40-42/h1-11,14-16,18H,12-13,17,20-21H2,(H,43,44). The molecule has 1 aliphatic carbocycles. The summed E-state index contributed by atoms with van der Waals surface area (Å²) in [6.45, 7) is 0.590. The fraction of sp³-hybridized carbons (Fsp3) is 0.176. The first-order chi connectivity index (χ1) is 21.9. The predicted octanol–water partition coefficient (Wildman–Crippen LogP) is 5.76. The Morgan fingerprint density at radius 3 is 2.60 bits per heavy atom. The van der Waals surface area contributed by atoms with Crippen LogP contribution in [-0.4, -0.2) is 40.6 Å². The van der Waals surface area contributed by atoms with Gasteiger partial charge in [0.1, 0.15) is 18.2 Å². The molecule has 0 spiro atoms. The Hall–Kier alpha value is -5.89. The van der Waals surface area contributed by atoms with Gasteiger partial charge >= 0.3 is 5.97 Å². The van der Waals surface area contributed by atoms with Gasteiger partial charge in [-0.2, -0.15) is 5.26 Å². The van der Waals surface area contributed by atoms with Crippen LogP contribution in [0.3, 0.4) is 0 Å². The monoisotopic (exact) mass is 599 g/mol. The van der Waals surface area contributed by atoms with Crippen LogP contribution in [0.1, 0.15) is 45.7 Å². The summed E-state index contributed by atoms with van der Waals surface area (Å²) in [4.78, 5) is 21.3. The lowest BCUT2D eigenvalue weighted by Gasteiger charge is -2.19. The second-order valence-corrected chi connectivity index (χ2v) is 11.1. The summed E-state index contributed by atoms with van der Waals surface area (Å²) in [5.41, 5.74) is 4.72. The molecule has 11 heteroatoms. The minimum Gasteiger partial charge on any atom is -0.478 e. The van der Waals surface area contributed by atoms with Crippen molar-refractivity contribution in [2.75, 3.05) is 0 Å². The maximum absolute atomic E-state index is 14.3. The summed E-state index contributed by atoms with van der Waals surface area (Å²) in [5.74, 6) is -0.294. The summed E-state index contributed by atoms with van der Waals surface area (Å²) in [5, 5.41) is 26.8. The smallest absolute Gasteiger partial charge is 0.335 e. The van der Waals surface area contributed by atoms with Crippen LogP contribution in [0, 0.1) is 17.1 Å². The number of aromatic carboxylic acids is 1. The molecule has 0 aliphatic heterocycles. The quantitative estimate of drug-likeness (QED) is 0.210. The number of nitriles is 1. The van der Waals surface area contributed by atoms with Gasteiger partial charge in [-0.25, -0.2) is 23.8 Å². The van der Waals surface area contributed by atoms with E-state index in [0.29, 0.717) is 30.1 Å². The third-order valence-electron chi connectivity index (χ3n) is 8.16. The molecule has 3 aromatic carbocycles. The number of benzene rings is 3. The Bertz CT molecular complexity index is 2080. The molecular formula is C34H26FN7O3. The first-order valence-corrected chi connectivity index (χ1v) is 14.4. The molecule has 0 radical (unpaired) electrons. The minimum atomic E-state index is -0.983. The van der Waals surface area contributed by atoms with E-state index in [1.165, 1.54) is 12.1 Å².